The Labute approximate surface area is 104 Å². The summed E-state index contributed by atoms with van der Waals surface area (Å²) in [6.45, 7) is 4.56. The van der Waals surface area contributed by atoms with Gasteiger partial charge in [0.25, 0.3) is 0 Å². The maximum atomic E-state index is 8.53. The molecule has 0 saturated carbocycles. The van der Waals surface area contributed by atoms with Gasteiger partial charge >= 0.3 is 0 Å². The standard InChI is InChI=1S/C11H16BrN3O/c1-7-3-4-9(12)5-10(7)14-6-8(2)11(13)15-16/h3-5,8,14,16H,6H2,1-2H3,(H2,13,15). The molecule has 1 aromatic rings. The number of aryl methyl sites for hydroxylation is 1. The minimum Gasteiger partial charge on any atom is -0.409 e. The molecule has 0 fully saturated rings. The Morgan fingerprint density at radius 1 is 1.62 bits per heavy atom. The topological polar surface area (TPSA) is 70.6 Å². The highest BCUT2D eigenvalue weighted by Gasteiger charge is 2.07. The predicted molar refractivity (Wildman–Crippen MR) is 69.9 cm³/mol. The Hall–Kier alpha value is -1.23. The van der Waals surface area contributed by atoms with Gasteiger partial charge in [0.2, 0.25) is 0 Å². The molecule has 16 heavy (non-hydrogen) atoms. The van der Waals surface area contributed by atoms with Gasteiger partial charge in [0.1, 0.15) is 5.84 Å². The SMILES string of the molecule is Cc1ccc(Br)cc1NCC(C)C(N)=NO. The van der Waals surface area contributed by atoms with Crippen molar-refractivity contribution in [2.24, 2.45) is 16.8 Å². The lowest BCUT2D eigenvalue weighted by molar-refractivity contribution is 0.315. The monoisotopic (exact) mass is 285 g/mol. The van der Waals surface area contributed by atoms with Crippen LogP contribution in [0.3, 0.4) is 0 Å². The molecule has 4 nitrogen and oxygen atoms in total. The molecule has 1 aromatic carbocycles. The highest BCUT2D eigenvalue weighted by Crippen LogP contribution is 2.20. The van der Waals surface area contributed by atoms with Crippen molar-refractivity contribution >= 4 is 27.5 Å². The lowest BCUT2D eigenvalue weighted by Gasteiger charge is -2.14. The van der Waals surface area contributed by atoms with Crippen molar-refractivity contribution in [3.63, 3.8) is 0 Å². The van der Waals surface area contributed by atoms with Crippen LogP contribution in [-0.2, 0) is 0 Å². The number of benzene rings is 1. The van der Waals surface area contributed by atoms with Gasteiger partial charge in [0, 0.05) is 22.6 Å². The molecule has 4 N–H and O–H groups in total. The lowest BCUT2D eigenvalue weighted by Crippen LogP contribution is -2.27. The van der Waals surface area contributed by atoms with Crippen LogP contribution in [0.15, 0.2) is 27.8 Å². The highest BCUT2D eigenvalue weighted by atomic mass is 79.9. The smallest absolute Gasteiger partial charge is 0.143 e. The zero-order chi connectivity index (χ0) is 12.1. The van der Waals surface area contributed by atoms with Crippen molar-refractivity contribution in [1.29, 1.82) is 0 Å². The molecule has 88 valence electrons. The molecule has 1 unspecified atom stereocenters. The van der Waals surface area contributed by atoms with Gasteiger partial charge in [0.15, 0.2) is 0 Å². The second-order valence-electron chi connectivity index (χ2n) is 3.77. The fraction of sp³-hybridized carbons (Fsp3) is 0.364. The molecule has 0 aliphatic carbocycles. The van der Waals surface area contributed by atoms with Crippen LogP contribution in [0.4, 0.5) is 5.69 Å². The third kappa shape index (κ3) is 3.41. The lowest BCUT2D eigenvalue weighted by atomic mass is 10.1. The first-order valence-corrected chi connectivity index (χ1v) is 5.81. The van der Waals surface area contributed by atoms with Gasteiger partial charge in [-0.1, -0.05) is 34.1 Å². The van der Waals surface area contributed by atoms with E-state index in [1.54, 1.807) is 0 Å². The minimum atomic E-state index is -0.0108. The van der Waals surface area contributed by atoms with Gasteiger partial charge in [-0.2, -0.15) is 0 Å². The van der Waals surface area contributed by atoms with Gasteiger partial charge in [-0.3, -0.25) is 0 Å². The number of halogens is 1. The number of nitrogens with one attached hydrogen (secondary N) is 1. The summed E-state index contributed by atoms with van der Waals surface area (Å²) in [5.74, 6) is 0.225. The summed E-state index contributed by atoms with van der Waals surface area (Å²) in [4.78, 5) is 0. The summed E-state index contributed by atoms with van der Waals surface area (Å²) in [7, 11) is 0. The first-order chi connectivity index (χ1) is 7.54. The molecule has 1 atom stereocenters. The molecule has 0 spiro atoms. The molecule has 0 amide bonds. The largest absolute Gasteiger partial charge is 0.409 e. The molecule has 0 aliphatic heterocycles. The number of nitrogens with two attached hydrogens (primary N) is 1. The van der Waals surface area contributed by atoms with E-state index < -0.39 is 0 Å². The third-order valence-corrected chi connectivity index (χ3v) is 2.91. The maximum Gasteiger partial charge on any atom is 0.143 e. The van der Waals surface area contributed by atoms with E-state index in [1.165, 1.54) is 0 Å². The number of rotatable bonds is 4. The molecule has 0 bridgehead atoms. The van der Waals surface area contributed by atoms with Gasteiger partial charge in [-0.15, -0.1) is 0 Å². The fourth-order valence-electron chi connectivity index (χ4n) is 1.25. The van der Waals surface area contributed by atoms with Gasteiger partial charge in [-0.05, 0) is 24.6 Å². The average molecular weight is 286 g/mol. The molecule has 0 heterocycles. The second-order valence-corrected chi connectivity index (χ2v) is 4.68. The third-order valence-electron chi connectivity index (χ3n) is 2.42. The zero-order valence-electron chi connectivity index (χ0n) is 9.37. The Morgan fingerprint density at radius 3 is 2.94 bits per heavy atom. The van der Waals surface area contributed by atoms with Crippen LogP contribution in [-0.4, -0.2) is 17.6 Å². The maximum absolute atomic E-state index is 8.53. The van der Waals surface area contributed by atoms with Crippen molar-refractivity contribution in [3.05, 3.63) is 28.2 Å². The average Bonchev–Trinajstić information content (AvgIpc) is 2.28. The number of hydrogen-bond donors (Lipinski definition) is 3. The number of nitrogens with zero attached hydrogens (tertiary/aromatic N) is 1. The minimum absolute atomic E-state index is 0.0108. The van der Waals surface area contributed by atoms with E-state index in [0.29, 0.717) is 6.54 Å². The highest BCUT2D eigenvalue weighted by molar-refractivity contribution is 9.10. The van der Waals surface area contributed by atoms with Crippen LogP contribution in [0.2, 0.25) is 0 Å². The van der Waals surface area contributed by atoms with E-state index in [2.05, 4.69) is 26.4 Å². The van der Waals surface area contributed by atoms with Crippen LogP contribution in [0, 0.1) is 12.8 Å². The van der Waals surface area contributed by atoms with Crippen LogP contribution in [0.5, 0.6) is 0 Å². The van der Waals surface area contributed by atoms with Crippen LogP contribution in [0.1, 0.15) is 12.5 Å². The Bertz CT molecular complexity index is 393. The number of amidine groups is 1. The summed E-state index contributed by atoms with van der Waals surface area (Å²) in [6, 6.07) is 6.03. The summed E-state index contributed by atoms with van der Waals surface area (Å²) in [6.07, 6.45) is 0. The van der Waals surface area contributed by atoms with Crippen LogP contribution in [0.25, 0.3) is 0 Å². The van der Waals surface area contributed by atoms with Crippen molar-refractivity contribution in [2.45, 2.75) is 13.8 Å². The number of oxime groups is 1. The zero-order valence-corrected chi connectivity index (χ0v) is 11.0. The van der Waals surface area contributed by atoms with E-state index in [-0.39, 0.29) is 11.8 Å². The van der Waals surface area contributed by atoms with E-state index in [0.717, 1.165) is 15.7 Å². The molecular formula is C11H16BrN3O. The molecule has 0 aliphatic rings. The second kappa shape index (κ2) is 5.75. The molecule has 0 radical (unpaired) electrons. The summed E-state index contributed by atoms with van der Waals surface area (Å²) < 4.78 is 1.03. The Morgan fingerprint density at radius 2 is 2.31 bits per heavy atom. The van der Waals surface area contributed by atoms with Crippen molar-refractivity contribution in [2.75, 3.05) is 11.9 Å². The molecule has 5 heteroatoms. The number of anilines is 1. The molecule has 1 rings (SSSR count). The van der Waals surface area contributed by atoms with Crippen molar-refractivity contribution < 1.29 is 5.21 Å². The summed E-state index contributed by atoms with van der Waals surface area (Å²) in [5, 5.41) is 14.8. The quantitative estimate of drug-likeness (QED) is 0.345. The first kappa shape index (κ1) is 12.8. The molecular weight excluding hydrogens is 270 g/mol. The Balaban J connectivity index is 2.64. The normalized spacial score (nSPS) is 13.6. The predicted octanol–water partition coefficient (Wildman–Crippen LogP) is 2.55. The van der Waals surface area contributed by atoms with E-state index in [1.807, 2.05) is 32.0 Å². The van der Waals surface area contributed by atoms with E-state index in [4.69, 9.17) is 10.9 Å². The van der Waals surface area contributed by atoms with E-state index >= 15 is 0 Å². The van der Waals surface area contributed by atoms with Crippen LogP contribution < -0.4 is 11.1 Å². The molecule has 0 saturated heterocycles. The van der Waals surface area contributed by atoms with Crippen molar-refractivity contribution in [1.82, 2.24) is 0 Å². The van der Waals surface area contributed by atoms with Crippen molar-refractivity contribution in [3.8, 4) is 0 Å². The summed E-state index contributed by atoms with van der Waals surface area (Å²) in [5.41, 5.74) is 7.71. The number of hydrogen-bond acceptors (Lipinski definition) is 3. The van der Waals surface area contributed by atoms with Gasteiger partial charge < -0.3 is 16.3 Å². The Kier molecular flexibility index (Phi) is 4.61. The van der Waals surface area contributed by atoms with E-state index in [9.17, 15) is 0 Å². The fourth-order valence-corrected chi connectivity index (χ4v) is 1.61. The first-order valence-electron chi connectivity index (χ1n) is 5.02. The van der Waals surface area contributed by atoms with Gasteiger partial charge in [0.05, 0.1) is 0 Å². The van der Waals surface area contributed by atoms with Crippen LogP contribution >= 0.6 is 15.9 Å². The van der Waals surface area contributed by atoms with Gasteiger partial charge in [-0.25, -0.2) is 0 Å². The summed E-state index contributed by atoms with van der Waals surface area (Å²) >= 11 is 3.42. The molecule has 0 aromatic heterocycles.